The first kappa shape index (κ1) is 18.4. The highest BCUT2D eigenvalue weighted by Gasteiger charge is 2.28. The number of likely N-dealkylation sites (N-methyl/N-ethyl adjacent to an activating group) is 1. The number of hydrogen-bond acceptors (Lipinski definition) is 2. The van der Waals surface area contributed by atoms with Crippen LogP contribution in [0, 0.1) is 19.7 Å². The van der Waals surface area contributed by atoms with Crippen LogP contribution < -0.4 is 4.90 Å². The molecule has 0 aromatic heterocycles. The quantitative estimate of drug-likeness (QED) is 0.864. The van der Waals surface area contributed by atoms with E-state index in [-0.39, 0.29) is 11.9 Å². The summed E-state index contributed by atoms with van der Waals surface area (Å²) in [6.45, 7) is 5.33. The standard InChI is InChI=1S/C21H25FN2O2/c1-14-9-15(2)11-16(10-14)19-12-17(22)6-7-20(19)24(21(25)26)13-18-5-4-8-23(18)3/h6-7,9-12,18H,4-5,8,13H2,1-3H3,(H,25,26)/t18-/m0/s1. The van der Waals surface area contributed by atoms with E-state index in [4.69, 9.17) is 0 Å². The molecule has 138 valence electrons. The molecule has 5 heteroatoms. The van der Waals surface area contributed by atoms with Crippen molar-refractivity contribution < 1.29 is 14.3 Å². The van der Waals surface area contributed by atoms with E-state index in [9.17, 15) is 14.3 Å². The molecule has 0 aliphatic carbocycles. The topological polar surface area (TPSA) is 43.8 Å². The Balaban J connectivity index is 2.05. The minimum atomic E-state index is -1.01. The van der Waals surface area contributed by atoms with Gasteiger partial charge in [0.15, 0.2) is 0 Å². The van der Waals surface area contributed by atoms with Gasteiger partial charge in [-0.25, -0.2) is 9.18 Å². The van der Waals surface area contributed by atoms with E-state index < -0.39 is 6.09 Å². The highest BCUT2D eigenvalue weighted by molar-refractivity contribution is 5.93. The van der Waals surface area contributed by atoms with Crippen molar-refractivity contribution in [1.82, 2.24) is 4.90 Å². The van der Waals surface area contributed by atoms with Crippen molar-refractivity contribution in [3.05, 3.63) is 53.3 Å². The molecule has 0 radical (unpaired) electrons. The minimum Gasteiger partial charge on any atom is -0.465 e. The number of benzene rings is 2. The fraction of sp³-hybridized carbons (Fsp3) is 0.381. The van der Waals surface area contributed by atoms with Gasteiger partial charge in [0.25, 0.3) is 0 Å². The van der Waals surface area contributed by atoms with E-state index in [1.54, 1.807) is 6.07 Å². The second-order valence-electron chi connectivity index (χ2n) is 7.21. The van der Waals surface area contributed by atoms with Crippen LogP contribution in [0.15, 0.2) is 36.4 Å². The summed E-state index contributed by atoms with van der Waals surface area (Å²) in [5, 5.41) is 9.84. The lowest BCUT2D eigenvalue weighted by atomic mass is 9.98. The fourth-order valence-electron chi connectivity index (χ4n) is 3.81. The lowest BCUT2D eigenvalue weighted by Gasteiger charge is -2.28. The summed E-state index contributed by atoms with van der Waals surface area (Å²) in [5.74, 6) is -0.369. The number of likely N-dealkylation sites (tertiary alicyclic amines) is 1. The number of carbonyl (C=O) groups is 1. The maximum Gasteiger partial charge on any atom is 0.411 e. The first-order valence-corrected chi connectivity index (χ1v) is 8.94. The van der Waals surface area contributed by atoms with E-state index in [1.807, 2.05) is 39.1 Å². The number of carboxylic acid groups (broad SMARTS) is 1. The number of halogens is 1. The normalized spacial score (nSPS) is 17.5. The Kier molecular flexibility index (Phi) is 5.28. The monoisotopic (exact) mass is 356 g/mol. The van der Waals surface area contributed by atoms with Gasteiger partial charge in [0, 0.05) is 18.2 Å². The van der Waals surface area contributed by atoms with Gasteiger partial charge in [-0.2, -0.15) is 0 Å². The van der Waals surface area contributed by atoms with Gasteiger partial charge in [-0.05, 0) is 64.0 Å². The second-order valence-corrected chi connectivity index (χ2v) is 7.21. The van der Waals surface area contributed by atoms with Gasteiger partial charge in [0.2, 0.25) is 0 Å². The highest BCUT2D eigenvalue weighted by atomic mass is 19.1. The van der Waals surface area contributed by atoms with Gasteiger partial charge in [0.05, 0.1) is 5.69 Å². The van der Waals surface area contributed by atoms with Crippen molar-refractivity contribution in [2.45, 2.75) is 32.7 Å². The van der Waals surface area contributed by atoms with Crippen LogP contribution in [-0.4, -0.2) is 42.3 Å². The lowest BCUT2D eigenvalue weighted by Crippen LogP contribution is -2.41. The predicted molar refractivity (Wildman–Crippen MR) is 102 cm³/mol. The number of amides is 1. The van der Waals surface area contributed by atoms with Crippen molar-refractivity contribution in [3.63, 3.8) is 0 Å². The molecule has 0 spiro atoms. The molecule has 1 aliphatic heterocycles. The summed E-state index contributed by atoms with van der Waals surface area (Å²) in [6.07, 6.45) is 1.03. The van der Waals surface area contributed by atoms with Gasteiger partial charge in [0.1, 0.15) is 5.82 Å². The first-order chi connectivity index (χ1) is 12.3. The molecule has 0 unspecified atom stereocenters. The zero-order chi connectivity index (χ0) is 18.8. The van der Waals surface area contributed by atoms with Crippen molar-refractivity contribution in [1.29, 1.82) is 0 Å². The summed E-state index contributed by atoms with van der Waals surface area (Å²) in [7, 11) is 2.02. The smallest absolute Gasteiger partial charge is 0.411 e. The maximum atomic E-state index is 14.0. The SMILES string of the molecule is Cc1cc(C)cc(-c2cc(F)ccc2N(C[C@@H]2CCCN2C)C(=O)O)c1. The van der Waals surface area contributed by atoms with Crippen molar-refractivity contribution in [2.75, 3.05) is 25.0 Å². The first-order valence-electron chi connectivity index (χ1n) is 8.94. The van der Waals surface area contributed by atoms with E-state index in [1.165, 1.54) is 17.0 Å². The molecular formula is C21H25FN2O2. The van der Waals surface area contributed by atoms with E-state index >= 15 is 0 Å². The lowest BCUT2D eigenvalue weighted by molar-refractivity contribution is 0.198. The number of aryl methyl sites for hydroxylation is 2. The van der Waals surface area contributed by atoms with Crippen LogP contribution in [0.2, 0.25) is 0 Å². The van der Waals surface area contributed by atoms with Crippen LogP contribution in [0.5, 0.6) is 0 Å². The molecule has 1 fully saturated rings. The molecule has 2 aromatic carbocycles. The molecule has 0 saturated carbocycles. The van der Waals surface area contributed by atoms with Gasteiger partial charge < -0.3 is 10.0 Å². The summed E-state index contributed by atoms with van der Waals surface area (Å²) in [5.41, 5.74) is 4.10. The molecule has 1 atom stereocenters. The van der Waals surface area contributed by atoms with Gasteiger partial charge in [-0.1, -0.05) is 29.3 Å². The van der Waals surface area contributed by atoms with Crippen LogP contribution in [0.3, 0.4) is 0 Å². The zero-order valence-corrected chi connectivity index (χ0v) is 15.5. The fourth-order valence-corrected chi connectivity index (χ4v) is 3.81. The summed E-state index contributed by atoms with van der Waals surface area (Å²) >= 11 is 0. The zero-order valence-electron chi connectivity index (χ0n) is 15.5. The van der Waals surface area contributed by atoms with Gasteiger partial charge >= 0.3 is 6.09 Å². The van der Waals surface area contributed by atoms with Crippen LogP contribution in [-0.2, 0) is 0 Å². The van der Waals surface area contributed by atoms with Gasteiger partial charge in [-0.15, -0.1) is 0 Å². The number of rotatable bonds is 4. The molecule has 2 aromatic rings. The Hall–Kier alpha value is -2.40. The average Bonchev–Trinajstić information content (AvgIpc) is 2.96. The van der Waals surface area contributed by atoms with Gasteiger partial charge in [-0.3, -0.25) is 4.90 Å². The summed E-state index contributed by atoms with van der Waals surface area (Å²) in [6, 6.07) is 10.5. The van der Waals surface area contributed by atoms with Crippen LogP contribution in [0.4, 0.5) is 14.9 Å². The minimum absolute atomic E-state index is 0.184. The van der Waals surface area contributed by atoms with Crippen molar-refractivity contribution in [2.24, 2.45) is 0 Å². The molecular weight excluding hydrogens is 331 g/mol. The number of anilines is 1. The molecule has 4 nitrogen and oxygen atoms in total. The largest absolute Gasteiger partial charge is 0.465 e. The predicted octanol–water partition coefficient (Wildman–Crippen LogP) is 4.69. The van der Waals surface area contributed by atoms with E-state index in [2.05, 4.69) is 4.90 Å². The Morgan fingerprint density at radius 2 is 1.92 bits per heavy atom. The third kappa shape index (κ3) is 3.88. The molecule has 1 aliphatic rings. The van der Waals surface area contributed by atoms with Crippen molar-refractivity contribution >= 4 is 11.8 Å². The maximum absolute atomic E-state index is 14.0. The average molecular weight is 356 g/mol. The molecule has 1 heterocycles. The molecule has 26 heavy (non-hydrogen) atoms. The Labute approximate surface area is 153 Å². The Bertz CT molecular complexity index is 801. The number of hydrogen-bond donors (Lipinski definition) is 1. The molecule has 1 amide bonds. The second kappa shape index (κ2) is 7.46. The van der Waals surface area contributed by atoms with Crippen LogP contribution in [0.1, 0.15) is 24.0 Å². The summed E-state index contributed by atoms with van der Waals surface area (Å²) in [4.78, 5) is 15.6. The highest BCUT2D eigenvalue weighted by Crippen LogP contribution is 2.34. The Morgan fingerprint density at radius 3 is 2.50 bits per heavy atom. The molecule has 1 N–H and O–H groups in total. The van der Waals surface area contributed by atoms with Crippen LogP contribution in [0.25, 0.3) is 11.1 Å². The molecule has 3 rings (SSSR count). The Morgan fingerprint density at radius 1 is 1.23 bits per heavy atom. The number of nitrogens with zero attached hydrogens (tertiary/aromatic N) is 2. The van der Waals surface area contributed by atoms with Crippen molar-refractivity contribution in [3.8, 4) is 11.1 Å². The summed E-state index contributed by atoms with van der Waals surface area (Å²) < 4.78 is 14.0. The molecule has 1 saturated heterocycles. The third-order valence-electron chi connectivity index (χ3n) is 5.08. The third-order valence-corrected chi connectivity index (χ3v) is 5.08. The van der Waals surface area contributed by atoms with Crippen LogP contribution >= 0.6 is 0 Å². The molecule has 0 bridgehead atoms. The van der Waals surface area contributed by atoms with E-state index in [0.29, 0.717) is 17.8 Å². The van der Waals surface area contributed by atoms with E-state index in [0.717, 1.165) is 36.1 Å².